The lowest BCUT2D eigenvalue weighted by Crippen LogP contribution is -2.48. The molecular weight excluding hydrogens is 476 g/mol. The van der Waals surface area contributed by atoms with Gasteiger partial charge in [0.2, 0.25) is 11.7 Å². The molecule has 0 aliphatic carbocycles. The molecule has 6 rings (SSSR count). The highest BCUT2D eigenvalue weighted by Gasteiger charge is 2.23. The molecule has 3 aromatic carbocycles. The fourth-order valence-electron chi connectivity index (χ4n) is 5.22. The SMILES string of the molecule is Cc1ccc(Cn2c(=O)c3ccccc3n3c(CCC(=O)N4CCN(c5ccccc5)CC4)nnc23)cc1. The van der Waals surface area contributed by atoms with Gasteiger partial charge in [0, 0.05) is 44.7 Å². The van der Waals surface area contributed by atoms with Crippen LogP contribution in [0.25, 0.3) is 16.7 Å². The number of nitrogens with zero attached hydrogens (tertiary/aromatic N) is 6. The van der Waals surface area contributed by atoms with Crippen LogP contribution in [0.1, 0.15) is 23.4 Å². The lowest BCUT2D eigenvalue weighted by Gasteiger charge is -2.36. The third kappa shape index (κ3) is 4.53. The van der Waals surface area contributed by atoms with Crippen molar-refractivity contribution >= 4 is 28.3 Å². The first-order chi connectivity index (χ1) is 18.6. The molecule has 1 aliphatic rings. The van der Waals surface area contributed by atoms with Crippen LogP contribution < -0.4 is 10.5 Å². The third-order valence-corrected chi connectivity index (χ3v) is 7.35. The van der Waals surface area contributed by atoms with E-state index in [0.29, 0.717) is 49.5 Å². The molecule has 1 aliphatic heterocycles. The summed E-state index contributed by atoms with van der Waals surface area (Å²) in [7, 11) is 0. The highest BCUT2D eigenvalue weighted by atomic mass is 16.2. The van der Waals surface area contributed by atoms with E-state index in [1.807, 2.05) is 83.0 Å². The van der Waals surface area contributed by atoms with Gasteiger partial charge in [-0.2, -0.15) is 0 Å². The number of hydrogen-bond acceptors (Lipinski definition) is 5. The van der Waals surface area contributed by atoms with Crippen molar-refractivity contribution < 1.29 is 4.79 Å². The minimum absolute atomic E-state index is 0.0972. The fraction of sp³-hybridized carbons (Fsp3) is 0.267. The van der Waals surface area contributed by atoms with E-state index in [1.54, 1.807) is 4.57 Å². The van der Waals surface area contributed by atoms with Gasteiger partial charge in [-0.1, -0.05) is 60.2 Å². The van der Waals surface area contributed by atoms with Gasteiger partial charge < -0.3 is 9.80 Å². The molecule has 0 unspecified atom stereocenters. The second-order valence-corrected chi connectivity index (χ2v) is 9.85. The Labute approximate surface area is 220 Å². The zero-order chi connectivity index (χ0) is 26.1. The lowest BCUT2D eigenvalue weighted by molar-refractivity contribution is -0.131. The number of anilines is 1. The van der Waals surface area contributed by atoms with Crippen LogP contribution in [0.15, 0.2) is 83.7 Å². The van der Waals surface area contributed by atoms with E-state index >= 15 is 0 Å². The summed E-state index contributed by atoms with van der Waals surface area (Å²) in [4.78, 5) is 30.8. The van der Waals surface area contributed by atoms with Crippen LogP contribution in [0.3, 0.4) is 0 Å². The minimum atomic E-state index is -0.0972. The van der Waals surface area contributed by atoms with Gasteiger partial charge in [0.15, 0.2) is 0 Å². The van der Waals surface area contributed by atoms with Crippen molar-refractivity contribution in [2.45, 2.75) is 26.3 Å². The van der Waals surface area contributed by atoms with E-state index in [-0.39, 0.29) is 11.5 Å². The topological polar surface area (TPSA) is 75.7 Å². The van der Waals surface area contributed by atoms with Crippen molar-refractivity contribution in [1.82, 2.24) is 24.1 Å². The Bertz CT molecular complexity index is 1650. The van der Waals surface area contributed by atoms with Crippen LogP contribution in [0.4, 0.5) is 5.69 Å². The number of carbonyl (C=O) groups is 1. The molecule has 0 spiro atoms. The molecule has 0 saturated carbocycles. The van der Waals surface area contributed by atoms with Crippen molar-refractivity contribution in [1.29, 1.82) is 0 Å². The first-order valence-electron chi connectivity index (χ1n) is 13.1. The van der Waals surface area contributed by atoms with Crippen LogP contribution >= 0.6 is 0 Å². The van der Waals surface area contributed by atoms with Crippen molar-refractivity contribution in [3.63, 3.8) is 0 Å². The molecule has 38 heavy (non-hydrogen) atoms. The minimum Gasteiger partial charge on any atom is -0.368 e. The number of piperazine rings is 1. The highest BCUT2D eigenvalue weighted by molar-refractivity contribution is 5.81. The second kappa shape index (κ2) is 10.1. The molecule has 1 saturated heterocycles. The summed E-state index contributed by atoms with van der Waals surface area (Å²) >= 11 is 0. The second-order valence-electron chi connectivity index (χ2n) is 9.85. The summed E-state index contributed by atoms with van der Waals surface area (Å²) < 4.78 is 3.61. The predicted molar refractivity (Wildman–Crippen MR) is 149 cm³/mol. The van der Waals surface area contributed by atoms with Gasteiger partial charge in [0.1, 0.15) is 5.82 Å². The van der Waals surface area contributed by atoms with Gasteiger partial charge in [0.05, 0.1) is 17.4 Å². The summed E-state index contributed by atoms with van der Waals surface area (Å²) in [5, 5.41) is 9.48. The van der Waals surface area contributed by atoms with E-state index in [9.17, 15) is 9.59 Å². The molecule has 0 N–H and O–H groups in total. The lowest BCUT2D eigenvalue weighted by atomic mass is 10.1. The Kier molecular flexibility index (Phi) is 6.37. The molecule has 8 nitrogen and oxygen atoms in total. The average Bonchev–Trinajstić information content (AvgIpc) is 3.39. The maximum atomic E-state index is 13.4. The number of fused-ring (bicyclic) bond motifs is 3. The smallest absolute Gasteiger partial charge is 0.263 e. The predicted octanol–water partition coefficient (Wildman–Crippen LogP) is 3.68. The fourth-order valence-corrected chi connectivity index (χ4v) is 5.22. The van der Waals surface area contributed by atoms with E-state index in [4.69, 9.17) is 0 Å². The Hall–Kier alpha value is -4.46. The zero-order valence-electron chi connectivity index (χ0n) is 21.5. The highest BCUT2D eigenvalue weighted by Crippen LogP contribution is 2.19. The molecule has 0 bridgehead atoms. The first-order valence-corrected chi connectivity index (χ1v) is 13.1. The van der Waals surface area contributed by atoms with Crippen LogP contribution in [0.5, 0.6) is 0 Å². The van der Waals surface area contributed by atoms with Gasteiger partial charge in [-0.3, -0.25) is 18.6 Å². The molecular formula is C30H30N6O2. The van der Waals surface area contributed by atoms with E-state index < -0.39 is 0 Å². The Morgan fingerprint density at radius 3 is 2.32 bits per heavy atom. The van der Waals surface area contributed by atoms with Crippen molar-refractivity contribution in [2.75, 3.05) is 31.1 Å². The normalized spacial score (nSPS) is 13.9. The molecule has 0 atom stereocenters. The summed E-state index contributed by atoms with van der Waals surface area (Å²) in [6.45, 7) is 5.48. The van der Waals surface area contributed by atoms with E-state index in [2.05, 4.69) is 27.2 Å². The Morgan fingerprint density at radius 2 is 1.55 bits per heavy atom. The van der Waals surface area contributed by atoms with Gasteiger partial charge in [-0.15, -0.1) is 10.2 Å². The Balaban J connectivity index is 1.23. The molecule has 192 valence electrons. The van der Waals surface area contributed by atoms with Crippen LogP contribution in [0, 0.1) is 6.92 Å². The maximum Gasteiger partial charge on any atom is 0.263 e. The van der Waals surface area contributed by atoms with Crippen LogP contribution in [0.2, 0.25) is 0 Å². The quantitative estimate of drug-likeness (QED) is 0.351. The number of carbonyl (C=O) groups excluding carboxylic acids is 1. The van der Waals surface area contributed by atoms with Crippen LogP contribution in [-0.4, -0.2) is 56.2 Å². The summed E-state index contributed by atoms with van der Waals surface area (Å²) in [6, 6.07) is 26.0. The summed E-state index contributed by atoms with van der Waals surface area (Å²) in [5.41, 5.74) is 4.04. The van der Waals surface area contributed by atoms with E-state index in [0.717, 1.165) is 24.2 Å². The number of aryl methyl sites for hydroxylation is 2. The molecule has 8 heteroatoms. The Morgan fingerprint density at radius 1 is 0.842 bits per heavy atom. The van der Waals surface area contributed by atoms with Gasteiger partial charge in [-0.25, -0.2) is 0 Å². The van der Waals surface area contributed by atoms with Gasteiger partial charge >= 0.3 is 0 Å². The van der Waals surface area contributed by atoms with Gasteiger partial charge in [-0.05, 0) is 36.8 Å². The monoisotopic (exact) mass is 506 g/mol. The van der Waals surface area contributed by atoms with Gasteiger partial charge in [0.25, 0.3) is 5.56 Å². The summed E-state index contributed by atoms with van der Waals surface area (Å²) in [6.07, 6.45) is 0.795. The standard InChI is InChI=1S/C30H30N6O2/c1-22-11-13-23(14-12-22)21-35-29(38)25-9-5-6-10-26(25)36-27(31-32-30(35)36)15-16-28(37)34-19-17-33(18-20-34)24-7-3-2-4-8-24/h2-14H,15-21H2,1H3. The van der Waals surface area contributed by atoms with Crippen molar-refractivity contribution in [3.8, 4) is 0 Å². The number of hydrogen-bond donors (Lipinski definition) is 0. The average molecular weight is 507 g/mol. The maximum absolute atomic E-state index is 13.4. The van der Waals surface area contributed by atoms with Crippen molar-refractivity contribution in [3.05, 3.63) is 106 Å². The van der Waals surface area contributed by atoms with Crippen LogP contribution in [-0.2, 0) is 17.8 Å². The third-order valence-electron chi connectivity index (χ3n) is 7.35. The largest absolute Gasteiger partial charge is 0.368 e. The molecule has 2 aromatic heterocycles. The number of para-hydroxylation sites is 2. The molecule has 3 heterocycles. The van der Waals surface area contributed by atoms with Crippen molar-refractivity contribution in [2.24, 2.45) is 0 Å². The first kappa shape index (κ1) is 23.9. The number of amides is 1. The number of rotatable bonds is 6. The number of aromatic nitrogens is 4. The zero-order valence-corrected chi connectivity index (χ0v) is 21.5. The molecule has 0 radical (unpaired) electrons. The molecule has 5 aromatic rings. The number of benzene rings is 3. The molecule has 1 fully saturated rings. The summed E-state index contributed by atoms with van der Waals surface area (Å²) in [5.74, 6) is 1.30. The van der Waals surface area contributed by atoms with E-state index in [1.165, 1.54) is 11.3 Å². The molecule has 1 amide bonds.